The summed E-state index contributed by atoms with van der Waals surface area (Å²) in [6.07, 6.45) is 0.732. The van der Waals surface area contributed by atoms with Crippen LogP contribution in [0.15, 0.2) is 34.9 Å². The molecule has 1 saturated heterocycles. The van der Waals surface area contributed by atoms with Gasteiger partial charge in [-0.2, -0.15) is 4.98 Å². The van der Waals surface area contributed by atoms with E-state index in [1.165, 1.54) is 4.90 Å². The van der Waals surface area contributed by atoms with Crippen LogP contribution < -0.4 is 0 Å². The first-order chi connectivity index (χ1) is 11.5. The summed E-state index contributed by atoms with van der Waals surface area (Å²) in [6.45, 7) is 4.23. The van der Waals surface area contributed by atoms with Crippen LogP contribution in [-0.4, -0.2) is 50.9 Å². The maximum Gasteiger partial charge on any atom is 0.246 e. The van der Waals surface area contributed by atoms with Gasteiger partial charge in [-0.3, -0.25) is 9.59 Å². The first-order valence-corrected chi connectivity index (χ1v) is 7.96. The van der Waals surface area contributed by atoms with E-state index >= 15 is 0 Å². The van der Waals surface area contributed by atoms with Gasteiger partial charge in [-0.05, 0) is 25.8 Å². The first-order valence-electron chi connectivity index (χ1n) is 7.96. The standard InChI is InChI=1S/C17H20N4O3/c1-12-17(23)20(9-8-14-6-4-3-5-7-14)11-16(22)21(12)10-15-18-13(2)19-24-15/h3-7,12H,8-11H2,1-2H3/t12-/m0/s1. The van der Waals surface area contributed by atoms with Crippen LogP contribution in [0, 0.1) is 6.92 Å². The predicted molar refractivity (Wildman–Crippen MR) is 85.8 cm³/mol. The molecule has 0 saturated carbocycles. The van der Waals surface area contributed by atoms with Crippen molar-refractivity contribution in [3.8, 4) is 0 Å². The number of aromatic nitrogens is 2. The zero-order chi connectivity index (χ0) is 17.1. The monoisotopic (exact) mass is 328 g/mol. The van der Waals surface area contributed by atoms with Gasteiger partial charge in [0.25, 0.3) is 0 Å². The number of benzene rings is 1. The van der Waals surface area contributed by atoms with E-state index < -0.39 is 6.04 Å². The summed E-state index contributed by atoms with van der Waals surface area (Å²) >= 11 is 0. The summed E-state index contributed by atoms with van der Waals surface area (Å²) in [7, 11) is 0. The van der Waals surface area contributed by atoms with E-state index in [0.29, 0.717) is 18.3 Å². The Labute approximate surface area is 140 Å². The minimum absolute atomic E-state index is 0.0539. The average Bonchev–Trinajstić information content (AvgIpc) is 3.00. The third-order valence-electron chi connectivity index (χ3n) is 4.17. The number of piperazine rings is 1. The number of nitrogens with zero attached hydrogens (tertiary/aromatic N) is 4. The molecule has 0 spiro atoms. The SMILES string of the molecule is Cc1noc(CN2C(=O)CN(CCc3ccccc3)C(=O)[C@@H]2C)n1. The van der Waals surface area contributed by atoms with Crippen molar-refractivity contribution < 1.29 is 14.1 Å². The smallest absolute Gasteiger partial charge is 0.246 e. The van der Waals surface area contributed by atoms with Crippen LogP contribution in [0.2, 0.25) is 0 Å². The van der Waals surface area contributed by atoms with E-state index in [-0.39, 0.29) is 24.9 Å². The van der Waals surface area contributed by atoms with Crippen molar-refractivity contribution in [3.63, 3.8) is 0 Å². The van der Waals surface area contributed by atoms with Crippen molar-refractivity contribution in [1.29, 1.82) is 0 Å². The zero-order valence-electron chi connectivity index (χ0n) is 13.8. The van der Waals surface area contributed by atoms with Crippen molar-refractivity contribution in [2.75, 3.05) is 13.1 Å². The van der Waals surface area contributed by atoms with Gasteiger partial charge < -0.3 is 14.3 Å². The maximum absolute atomic E-state index is 12.6. The molecule has 0 aliphatic carbocycles. The molecule has 1 fully saturated rings. The number of amides is 2. The molecule has 1 aromatic heterocycles. The Morgan fingerprint density at radius 2 is 2.00 bits per heavy atom. The van der Waals surface area contributed by atoms with Gasteiger partial charge in [0.1, 0.15) is 12.6 Å². The Balaban J connectivity index is 1.63. The van der Waals surface area contributed by atoms with Gasteiger partial charge in [-0.1, -0.05) is 35.5 Å². The topological polar surface area (TPSA) is 79.5 Å². The molecule has 3 rings (SSSR count). The maximum atomic E-state index is 12.6. The number of carbonyl (C=O) groups excluding carboxylic acids is 2. The molecule has 2 heterocycles. The van der Waals surface area contributed by atoms with Gasteiger partial charge >= 0.3 is 0 Å². The number of aryl methyl sites for hydroxylation is 1. The predicted octanol–water partition coefficient (Wildman–Crippen LogP) is 1.18. The molecule has 7 heteroatoms. The Morgan fingerprint density at radius 3 is 2.67 bits per heavy atom. The van der Waals surface area contributed by atoms with Crippen LogP contribution in [0.5, 0.6) is 0 Å². The average molecular weight is 328 g/mol. The van der Waals surface area contributed by atoms with Gasteiger partial charge in [0.2, 0.25) is 17.7 Å². The molecule has 1 aliphatic heterocycles. The normalized spacial score (nSPS) is 18.3. The number of hydrogen-bond acceptors (Lipinski definition) is 5. The summed E-state index contributed by atoms with van der Waals surface area (Å²) in [5.41, 5.74) is 1.15. The van der Waals surface area contributed by atoms with Crippen LogP contribution in [0.4, 0.5) is 0 Å². The molecule has 7 nitrogen and oxygen atoms in total. The number of hydrogen-bond donors (Lipinski definition) is 0. The van der Waals surface area contributed by atoms with Crippen LogP contribution >= 0.6 is 0 Å². The molecule has 24 heavy (non-hydrogen) atoms. The van der Waals surface area contributed by atoms with Gasteiger partial charge in [-0.25, -0.2) is 0 Å². The third kappa shape index (κ3) is 3.45. The summed E-state index contributed by atoms with van der Waals surface area (Å²) in [5, 5.41) is 3.71. The summed E-state index contributed by atoms with van der Waals surface area (Å²) < 4.78 is 5.05. The lowest BCUT2D eigenvalue weighted by Gasteiger charge is -2.38. The van der Waals surface area contributed by atoms with Crippen LogP contribution in [0.3, 0.4) is 0 Å². The Hall–Kier alpha value is -2.70. The third-order valence-corrected chi connectivity index (χ3v) is 4.17. The molecule has 2 amide bonds. The van der Waals surface area contributed by atoms with Crippen molar-refractivity contribution >= 4 is 11.8 Å². The Bertz CT molecular complexity index is 728. The van der Waals surface area contributed by atoms with Crippen molar-refractivity contribution in [1.82, 2.24) is 19.9 Å². The molecule has 0 bridgehead atoms. The van der Waals surface area contributed by atoms with Crippen LogP contribution in [0.1, 0.15) is 24.2 Å². The quantitative estimate of drug-likeness (QED) is 0.823. The van der Waals surface area contributed by atoms with E-state index in [0.717, 1.165) is 12.0 Å². The molecule has 2 aromatic rings. The Kier molecular flexibility index (Phi) is 4.59. The summed E-state index contributed by atoms with van der Waals surface area (Å²) in [5.74, 6) is 0.698. The minimum atomic E-state index is -0.533. The second-order valence-electron chi connectivity index (χ2n) is 5.93. The highest BCUT2D eigenvalue weighted by Crippen LogP contribution is 2.16. The molecule has 1 aromatic carbocycles. The molecule has 0 N–H and O–H groups in total. The number of carbonyl (C=O) groups is 2. The Morgan fingerprint density at radius 1 is 1.25 bits per heavy atom. The lowest BCUT2D eigenvalue weighted by Crippen LogP contribution is -2.58. The van der Waals surface area contributed by atoms with E-state index in [1.807, 2.05) is 30.3 Å². The highest BCUT2D eigenvalue weighted by Gasteiger charge is 2.36. The summed E-state index contributed by atoms with van der Waals surface area (Å²) in [4.78, 5) is 32.2. The molecular formula is C17H20N4O3. The molecule has 0 unspecified atom stereocenters. The van der Waals surface area contributed by atoms with Gasteiger partial charge in [-0.15, -0.1) is 0 Å². The van der Waals surface area contributed by atoms with Crippen LogP contribution in [0.25, 0.3) is 0 Å². The van der Waals surface area contributed by atoms with Gasteiger partial charge in [0, 0.05) is 6.54 Å². The van der Waals surface area contributed by atoms with Gasteiger partial charge in [0.15, 0.2) is 5.82 Å². The lowest BCUT2D eigenvalue weighted by atomic mass is 10.1. The van der Waals surface area contributed by atoms with E-state index in [2.05, 4.69) is 10.1 Å². The zero-order valence-corrected chi connectivity index (χ0v) is 13.8. The largest absolute Gasteiger partial charge is 0.337 e. The molecular weight excluding hydrogens is 308 g/mol. The second-order valence-corrected chi connectivity index (χ2v) is 5.93. The van der Waals surface area contributed by atoms with Gasteiger partial charge in [0.05, 0.1) is 6.54 Å². The summed E-state index contributed by atoms with van der Waals surface area (Å²) in [6, 6.07) is 9.39. The van der Waals surface area contributed by atoms with E-state index in [4.69, 9.17) is 4.52 Å². The highest BCUT2D eigenvalue weighted by molar-refractivity contribution is 5.94. The molecule has 1 aliphatic rings. The van der Waals surface area contributed by atoms with E-state index in [1.54, 1.807) is 18.7 Å². The first kappa shape index (κ1) is 16.2. The van der Waals surface area contributed by atoms with Crippen molar-refractivity contribution in [2.24, 2.45) is 0 Å². The number of rotatable bonds is 5. The lowest BCUT2D eigenvalue weighted by molar-refractivity contribution is -0.156. The van der Waals surface area contributed by atoms with E-state index in [9.17, 15) is 9.59 Å². The second kappa shape index (κ2) is 6.82. The highest BCUT2D eigenvalue weighted by atomic mass is 16.5. The van der Waals surface area contributed by atoms with Crippen molar-refractivity contribution in [3.05, 3.63) is 47.6 Å². The van der Waals surface area contributed by atoms with Crippen LogP contribution in [-0.2, 0) is 22.6 Å². The fourth-order valence-electron chi connectivity index (χ4n) is 2.82. The van der Waals surface area contributed by atoms with Crippen molar-refractivity contribution in [2.45, 2.75) is 32.9 Å². The fourth-order valence-corrected chi connectivity index (χ4v) is 2.82. The fraction of sp³-hybridized carbons (Fsp3) is 0.412. The minimum Gasteiger partial charge on any atom is -0.337 e. The molecule has 126 valence electrons. The molecule has 0 radical (unpaired) electrons. The molecule has 1 atom stereocenters.